The summed E-state index contributed by atoms with van der Waals surface area (Å²) in [6.07, 6.45) is 4.18. The number of morpholine rings is 1. The number of carbonyl (C=O) groups excluding carboxylic acids is 1. The molecule has 0 aliphatic carbocycles. The van der Waals surface area contributed by atoms with Crippen molar-refractivity contribution in [3.8, 4) is 0 Å². The fourth-order valence-corrected chi connectivity index (χ4v) is 2.53. The molecule has 0 saturated carbocycles. The average molecular weight is 324 g/mol. The van der Waals surface area contributed by atoms with E-state index >= 15 is 0 Å². The maximum atomic E-state index is 12.1. The molecule has 2 aromatic rings. The van der Waals surface area contributed by atoms with Crippen molar-refractivity contribution >= 4 is 27.5 Å². The van der Waals surface area contributed by atoms with Gasteiger partial charge in [-0.15, -0.1) is 0 Å². The number of fused-ring (bicyclic) bond motifs is 1. The summed E-state index contributed by atoms with van der Waals surface area (Å²) in [5.74, 6) is 0.116. The van der Waals surface area contributed by atoms with Gasteiger partial charge in [-0.1, -0.05) is 0 Å². The molecule has 6 heteroatoms. The van der Waals surface area contributed by atoms with Crippen LogP contribution < -0.4 is 0 Å². The van der Waals surface area contributed by atoms with Crippen molar-refractivity contribution in [1.82, 2.24) is 14.3 Å². The fourth-order valence-electron chi connectivity index (χ4n) is 2.18. The number of ether oxygens (including phenoxy) is 1. The summed E-state index contributed by atoms with van der Waals surface area (Å²) in [5.41, 5.74) is 1.66. The molecule has 0 bridgehead atoms. The Morgan fingerprint density at radius 1 is 1.32 bits per heavy atom. The Kier molecular flexibility index (Phi) is 3.52. The highest BCUT2D eigenvalue weighted by Gasteiger charge is 2.18. The maximum absolute atomic E-state index is 12.1. The molecule has 2 aromatic heterocycles. The van der Waals surface area contributed by atoms with Crippen LogP contribution in [0, 0.1) is 0 Å². The normalized spacial score (nSPS) is 15.9. The number of hydrogen-bond acceptors (Lipinski definition) is 3. The second kappa shape index (κ2) is 5.30. The topological polar surface area (TPSA) is 46.8 Å². The minimum atomic E-state index is 0.116. The van der Waals surface area contributed by atoms with Crippen LogP contribution in [0.25, 0.3) is 5.65 Å². The second-order valence-corrected chi connectivity index (χ2v) is 5.43. The Morgan fingerprint density at radius 3 is 2.89 bits per heavy atom. The fraction of sp³-hybridized carbons (Fsp3) is 0.385. The van der Waals surface area contributed by atoms with Crippen LogP contribution in [-0.4, -0.2) is 46.5 Å². The van der Waals surface area contributed by atoms with E-state index in [2.05, 4.69) is 20.9 Å². The molecule has 3 rings (SSSR count). The molecule has 0 atom stereocenters. The summed E-state index contributed by atoms with van der Waals surface area (Å²) < 4.78 is 8.15. The first-order valence-corrected chi connectivity index (χ1v) is 7.00. The molecule has 0 radical (unpaired) electrons. The quantitative estimate of drug-likeness (QED) is 0.841. The van der Waals surface area contributed by atoms with E-state index in [0.29, 0.717) is 32.7 Å². The van der Waals surface area contributed by atoms with E-state index in [4.69, 9.17) is 4.74 Å². The van der Waals surface area contributed by atoms with E-state index in [9.17, 15) is 4.79 Å². The third kappa shape index (κ3) is 2.79. The van der Waals surface area contributed by atoms with Gasteiger partial charge in [-0.3, -0.25) is 4.79 Å². The van der Waals surface area contributed by atoms with Crippen molar-refractivity contribution in [2.24, 2.45) is 0 Å². The van der Waals surface area contributed by atoms with E-state index in [-0.39, 0.29) is 5.91 Å². The van der Waals surface area contributed by atoms with Gasteiger partial charge in [0.1, 0.15) is 5.65 Å². The number of amides is 1. The van der Waals surface area contributed by atoms with Crippen molar-refractivity contribution < 1.29 is 9.53 Å². The number of pyridine rings is 1. The lowest BCUT2D eigenvalue weighted by atomic mass is 10.3. The molecular formula is C13H14BrN3O2. The molecule has 1 aliphatic heterocycles. The smallest absolute Gasteiger partial charge is 0.228 e. The predicted molar refractivity (Wildman–Crippen MR) is 74.0 cm³/mol. The molecule has 0 N–H and O–H groups in total. The summed E-state index contributed by atoms with van der Waals surface area (Å²) >= 11 is 3.42. The zero-order valence-corrected chi connectivity index (χ0v) is 12.0. The highest BCUT2D eigenvalue weighted by molar-refractivity contribution is 9.10. The van der Waals surface area contributed by atoms with Gasteiger partial charge in [0.25, 0.3) is 0 Å². The second-order valence-electron chi connectivity index (χ2n) is 4.51. The van der Waals surface area contributed by atoms with Gasteiger partial charge in [-0.2, -0.15) is 0 Å². The summed E-state index contributed by atoms with van der Waals surface area (Å²) in [6, 6.07) is 3.86. The van der Waals surface area contributed by atoms with Gasteiger partial charge >= 0.3 is 0 Å². The van der Waals surface area contributed by atoms with E-state index < -0.39 is 0 Å². The highest BCUT2D eigenvalue weighted by atomic mass is 79.9. The van der Waals surface area contributed by atoms with Gasteiger partial charge in [0.15, 0.2) is 0 Å². The van der Waals surface area contributed by atoms with Gasteiger partial charge in [0, 0.05) is 30.0 Å². The SMILES string of the molecule is O=C(Cc1cn2cc(Br)ccc2n1)N1CCOCC1. The number of rotatable bonds is 2. The van der Waals surface area contributed by atoms with E-state index in [0.717, 1.165) is 15.8 Å². The van der Waals surface area contributed by atoms with Crippen LogP contribution in [0.3, 0.4) is 0 Å². The molecule has 5 nitrogen and oxygen atoms in total. The van der Waals surface area contributed by atoms with Crippen molar-refractivity contribution in [3.05, 3.63) is 34.7 Å². The molecule has 1 saturated heterocycles. The van der Waals surface area contributed by atoms with Crippen LogP contribution in [0.2, 0.25) is 0 Å². The van der Waals surface area contributed by atoms with Crippen LogP contribution in [-0.2, 0) is 16.0 Å². The van der Waals surface area contributed by atoms with Crippen molar-refractivity contribution in [1.29, 1.82) is 0 Å². The van der Waals surface area contributed by atoms with Gasteiger partial charge in [0.2, 0.25) is 5.91 Å². The minimum Gasteiger partial charge on any atom is -0.378 e. The number of halogens is 1. The van der Waals surface area contributed by atoms with Gasteiger partial charge in [0.05, 0.1) is 25.3 Å². The third-order valence-corrected chi connectivity index (χ3v) is 3.63. The monoisotopic (exact) mass is 323 g/mol. The molecule has 3 heterocycles. The molecule has 1 aliphatic rings. The van der Waals surface area contributed by atoms with Crippen LogP contribution in [0.5, 0.6) is 0 Å². The summed E-state index contributed by atoms with van der Waals surface area (Å²) in [5, 5.41) is 0. The zero-order chi connectivity index (χ0) is 13.2. The van der Waals surface area contributed by atoms with Gasteiger partial charge in [-0.25, -0.2) is 4.98 Å². The molecule has 1 fully saturated rings. The van der Waals surface area contributed by atoms with Crippen LogP contribution in [0.1, 0.15) is 5.69 Å². The Morgan fingerprint density at radius 2 is 2.11 bits per heavy atom. The van der Waals surface area contributed by atoms with Crippen LogP contribution in [0.15, 0.2) is 29.0 Å². The Hall–Kier alpha value is -1.40. The van der Waals surface area contributed by atoms with Crippen LogP contribution >= 0.6 is 15.9 Å². The highest BCUT2D eigenvalue weighted by Crippen LogP contribution is 2.13. The number of carbonyl (C=O) groups is 1. The number of hydrogen-bond donors (Lipinski definition) is 0. The third-order valence-electron chi connectivity index (χ3n) is 3.16. The Bertz CT molecular complexity index is 605. The lowest BCUT2D eigenvalue weighted by Crippen LogP contribution is -2.41. The first-order valence-electron chi connectivity index (χ1n) is 6.21. The zero-order valence-electron chi connectivity index (χ0n) is 10.4. The lowest BCUT2D eigenvalue weighted by Gasteiger charge is -2.26. The van der Waals surface area contributed by atoms with Crippen molar-refractivity contribution in [2.45, 2.75) is 6.42 Å². The van der Waals surface area contributed by atoms with Gasteiger partial charge in [-0.05, 0) is 28.1 Å². The van der Waals surface area contributed by atoms with Crippen molar-refractivity contribution in [2.75, 3.05) is 26.3 Å². The van der Waals surface area contributed by atoms with Gasteiger partial charge < -0.3 is 14.0 Å². The molecule has 19 heavy (non-hydrogen) atoms. The first kappa shape index (κ1) is 12.6. The molecule has 0 spiro atoms. The van der Waals surface area contributed by atoms with Crippen LogP contribution in [0.4, 0.5) is 0 Å². The van der Waals surface area contributed by atoms with E-state index in [1.807, 2.05) is 33.8 Å². The Balaban J connectivity index is 1.75. The summed E-state index contributed by atoms with van der Waals surface area (Å²) in [6.45, 7) is 2.61. The first-order chi connectivity index (χ1) is 9.22. The summed E-state index contributed by atoms with van der Waals surface area (Å²) in [4.78, 5) is 18.4. The summed E-state index contributed by atoms with van der Waals surface area (Å²) in [7, 11) is 0. The molecule has 100 valence electrons. The number of nitrogens with zero attached hydrogens (tertiary/aromatic N) is 3. The predicted octanol–water partition coefficient (Wildman–Crippen LogP) is 1.50. The Labute approximate surface area is 119 Å². The molecule has 1 amide bonds. The maximum Gasteiger partial charge on any atom is 0.228 e. The molecule has 0 aromatic carbocycles. The molecule has 0 unspecified atom stereocenters. The standard InChI is InChI=1S/C13H14BrN3O2/c14-10-1-2-12-15-11(9-17(12)8-10)7-13(18)16-3-5-19-6-4-16/h1-2,8-9H,3-7H2. The number of aromatic nitrogens is 2. The van der Waals surface area contributed by atoms with E-state index in [1.54, 1.807) is 0 Å². The van der Waals surface area contributed by atoms with Crippen molar-refractivity contribution in [3.63, 3.8) is 0 Å². The molecular weight excluding hydrogens is 310 g/mol. The number of imidazole rings is 1. The van der Waals surface area contributed by atoms with E-state index in [1.165, 1.54) is 0 Å². The lowest BCUT2D eigenvalue weighted by molar-refractivity contribution is -0.134. The average Bonchev–Trinajstić information content (AvgIpc) is 2.81. The minimum absolute atomic E-state index is 0.116. The largest absolute Gasteiger partial charge is 0.378 e.